The van der Waals surface area contributed by atoms with Gasteiger partial charge in [-0.3, -0.25) is 28.9 Å². The van der Waals surface area contributed by atoms with Crippen molar-refractivity contribution in [1.29, 1.82) is 5.26 Å². The molecule has 0 heterocycles. The summed E-state index contributed by atoms with van der Waals surface area (Å²) in [7, 11) is 2.84. The highest BCUT2D eigenvalue weighted by molar-refractivity contribution is 6.33. The molecule has 1 aromatic rings. The second-order valence-electron chi connectivity index (χ2n) is 10.2. The molecule has 11 nitrogen and oxygen atoms in total. The molecule has 1 aromatic carbocycles. The Morgan fingerprint density at radius 2 is 1.86 bits per heavy atom. The van der Waals surface area contributed by atoms with Gasteiger partial charge in [-0.1, -0.05) is 6.92 Å². The molecule has 3 aliphatic carbocycles. The van der Waals surface area contributed by atoms with Gasteiger partial charge >= 0.3 is 0 Å². The molecule has 7 N–H and O–H groups in total. The molecule has 6 atom stereocenters. The molecule has 0 bridgehead atoms. The molecule has 12 heteroatoms. The molecule has 0 aliphatic heterocycles. The lowest BCUT2D eigenvalue weighted by molar-refractivity contribution is -0.166. The SMILES string of the molecule is CCc1cc(F)c(O)c2c1C[C@@]1(N)C[C@@]3(N)[C@H](N(C)C)C(=O)C(C(N)=O)C(=O)[C@@]3(C#N)C(=O)C1C2=O. The monoisotopic (exact) mass is 499 g/mol. The summed E-state index contributed by atoms with van der Waals surface area (Å²) in [5.74, 6) is -12.2. The predicted octanol–water partition coefficient (Wildman–Crippen LogP) is -1.49. The molecule has 0 spiro atoms. The number of amides is 1. The molecule has 2 fully saturated rings. The van der Waals surface area contributed by atoms with Gasteiger partial charge in [0.25, 0.3) is 0 Å². The highest BCUT2D eigenvalue weighted by Gasteiger charge is 2.78. The lowest BCUT2D eigenvalue weighted by Gasteiger charge is -2.60. The number of hydrogen-bond donors (Lipinski definition) is 4. The topological polar surface area (TPSA) is 211 Å². The number of phenols is 1. The van der Waals surface area contributed by atoms with E-state index in [2.05, 4.69) is 0 Å². The number of carbonyl (C=O) groups is 5. The van der Waals surface area contributed by atoms with Gasteiger partial charge in [0, 0.05) is 5.54 Å². The van der Waals surface area contributed by atoms with E-state index < -0.39 is 87.0 Å². The highest BCUT2D eigenvalue weighted by Crippen LogP contribution is 2.56. The number of ketones is 4. The lowest BCUT2D eigenvalue weighted by atomic mass is 9.42. The summed E-state index contributed by atoms with van der Waals surface area (Å²) in [5.41, 5.74) is 12.0. The zero-order valence-corrected chi connectivity index (χ0v) is 19.9. The third-order valence-electron chi connectivity index (χ3n) is 8.02. The van der Waals surface area contributed by atoms with Crippen LogP contribution in [0.1, 0.15) is 34.8 Å². The van der Waals surface area contributed by atoms with E-state index in [1.54, 1.807) is 13.0 Å². The maximum absolute atomic E-state index is 14.5. The third-order valence-corrected chi connectivity index (χ3v) is 8.02. The zero-order valence-electron chi connectivity index (χ0n) is 19.9. The van der Waals surface area contributed by atoms with E-state index in [-0.39, 0.29) is 18.4 Å². The van der Waals surface area contributed by atoms with Crippen molar-refractivity contribution in [2.45, 2.75) is 43.3 Å². The number of primary amides is 1. The molecule has 0 saturated heterocycles. The van der Waals surface area contributed by atoms with E-state index in [1.807, 2.05) is 0 Å². The Hall–Kier alpha value is -3.53. The summed E-state index contributed by atoms with van der Waals surface area (Å²) in [5, 5.41) is 20.7. The van der Waals surface area contributed by atoms with E-state index in [0.29, 0.717) is 5.56 Å². The van der Waals surface area contributed by atoms with Crippen molar-refractivity contribution in [2.75, 3.05) is 14.1 Å². The van der Waals surface area contributed by atoms with Crippen LogP contribution in [0.2, 0.25) is 0 Å². The van der Waals surface area contributed by atoms with Crippen molar-refractivity contribution in [3.05, 3.63) is 28.6 Å². The number of rotatable bonds is 3. The Kier molecular flexibility index (Phi) is 5.49. The van der Waals surface area contributed by atoms with Crippen molar-refractivity contribution in [1.82, 2.24) is 4.90 Å². The second-order valence-corrected chi connectivity index (χ2v) is 10.2. The first-order chi connectivity index (χ1) is 16.6. The largest absolute Gasteiger partial charge is 0.504 e. The molecule has 1 amide bonds. The van der Waals surface area contributed by atoms with Crippen LogP contribution < -0.4 is 17.2 Å². The van der Waals surface area contributed by atoms with Crippen LogP contribution in [0.5, 0.6) is 5.75 Å². The highest BCUT2D eigenvalue weighted by atomic mass is 19.1. The minimum atomic E-state index is -2.83. The van der Waals surface area contributed by atoms with Gasteiger partial charge in [-0.15, -0.1) is 0 Å². The number of nitrogens with two attached hydrogens (primary N) is 3. The Morgan fingerprint density at radius 3 is 2.36 bits per heavy atom. The fourth-order valence-corrected chi connectivity index (χ4v) is 6.63. The van der Waals surface area contributed by atoms with Crippen LogP contribution in [-0.4, -0.2) is 70.3 Å². The number of benzene rings is 1. The van der Waals surface area contributed by atoms with Gasteiger partial charge in [-0.25, -0.2) is 4.39 Å². The van der Waals surface area contributed by atoms with Crippen molar-refractivity contribution in [2.24, 2.45) is 34.5 Å². The van der Waals surface area contributed by atoms with E-state index in [4.69, 9.17) is 17.2 Å². The van der Waals surface area contributed by atoms with E-state index in [9.17, 15) is 38.7 Å². The van der Waals surface area contributed by atoms with Gasteiger partial charge in [0.05, 0.1) is 23.2 Å². The summed E-state index contributed by atoms with van der Waals surface area (Å²) >= 11 is 0. The number of phenolic OH excluding ortho intramolecular Hbond substituents is 1. The molecule has 190 valence electrons. The Balaban J connectivity index is 2.05. The van der Waals surface area contributed by atoms with Crippen LogP contribution in [0.3, 0.4) is 0 Å². The number of nitriles is 1. The normalized spacial score (nSPS) is 35.7. The smallest absolute Gasteiger partial charge is 0.235 e. The van der Waals surface area contributed by atoms with Gasteiger partial charge in [0.1, 0.15) is 5.92 Å². The third kappa shape index (κ3) is 2.79. The Bertz CT molecular complexity index is 1320. The van der Waals surface area contributed by atoms with Crippen molar-refractivity contribution < 1.29 is 33.5 Å². The summed E-state index contributed by atoms with van der Waals surface area (Å²) in [6, 6.07) is 1.21. The Morgan fingerprint density at radius 1 is 1.25 bits per heavy atom. The summed E-state index contributed by atoms with van der Waals surface area (Å²) in [4.78, 5) is 68.1. The quantitative estimate of drug-likeness (QED) is 0.354. The van der Waals surface area contributed by atoms with E-state index in [1.165, 1.54) is 19.0 Å². The van der Waals surface area contributed by atoms with Crippen LogP contribution in [0.25, 0.3) is 0 Å². The van der Waals surface area contributed by atoms with Crippen LogP contribution in [0, 0.1) is 34.4 Å². The summed E-state index contributed by atoms with van der Waals surface area (Å²) in [6.07, 6.45) is -0.457. The van der Waals surface area contributed by atoms with Crippen molar-refractivity contribution in [3.8, 4) is 11.8 Å². The number of fused-ring (bicyclic) bond motifs is 3. The van der Waals surface area contributed by atoms with Crippen LogP contribution in [0.15, 0.2) is 6.07 Å². The number of carbonyl (C=O) groups excluding carboxylic acids is 5. The number of halogens is 1. The van der Waals surface area contributed by atoms with Crippen molar-refractivity contribution in [3.63, 3.8) is 0 Å². The number of likely N-dealkylation sites (N-methyl/N-ethyl adjacent to an activating group) is 1. The van der Waals surface area contributed by atoms with Crippen LogP contribution in [-0.2, 0) is 32.0 Å². The van der Waals surface area contributed by atoms with Crippen LogP contribution in [0.4, 0.5) is 4.39 Å². The van der Waals surface area contributed by atoms with Gasteiger partial charge < -0.3 is 22.3 Å². The number of Topliss-reactive ketones (excluding diaryl/α,β-unsaturated/α-hetero) is 4. The molecular formula is C24H26FN5O6. The van der Waals surface area contributed by atoms with Gasteiger partial charge in [-0.05, 0) is 50.6 Å². The maximum Gasteiger partial charge on any atom is 0.235 e. The first-order valence-electron chi connectivity index (χ1n) is 11.3. The number of nitrogens with zero attached hydrogens (tertiary/aromatic N) is 2. The first-order valence-corrected chi connectivity index (χ1v) is 11.3. The zero-order chi connectivity index (χ0) is 27.1. The summed E-state index contributed by atoms with van der Waals surface area (Å²) < 4.78 is 14.5. The average molecular weight is 499 g/mol. The lowest BCUT2D eigenvalue weighted by Crippen LogP contribution is -2.85. The Labute approximate surface area is 205 Å². The second kappa shape index (κ2) is 7.73. The number of aryl methyl sites for hydroxylation is 1. The average Bonchev–Trinajstić information content (AvgIpc) is 2.74. The van der Waals surface area contributed by atoms with E-state index in [0.717, 1.165) is 6.07 Å². The fourth-order valence-electron chi connectivity index (χ4n) is 6.63. The molecule has 2 saturated carbocycles. The van der Waals surface area contributed by atoms with Crippen molar-refractivity contribution >= 4 is 29.0 Å². The van der Waals surface area contributed by atoms with E-state index >= 15 is 0 Å². The van der Waals surface area contributed by atoms with Gasteiger partial charge in [-0.2, -0.15) is 5.26 Å². The molecule has 3 aliphatic rings. The molecule has 36 heavy (non-hydrogen) atoms. The van der Waals surface area contributed by atoms with Gasteiger partial charge in [0.2, 0.25) is 5.91 Å². The molecular weight excluding hydrogens is 473 g/mol. The predicted molar refractivity (Wildman–Crippen MR) is 121 cm³/mol. The minimum absolute atomic E-state index is 0.219. The minimum Gasteiger partial charge on any atom is -0.504 e. The summed E-state index contributed by atoms with van der Waals surface area (Å²) in [6.45, 7) is 1.70. The standard InChI is InChI=1S/C24H26FN5O6/c1-4-9-5-11(25)15(31)12-10(9)6-22(28)7-24(29)18(30(2)3)17(33)13(21(27)36)19(34)23(24,8-26)20(35)14(22)16(12)32/h5,13-14,18,31H,4,6-7,28-29H2,1-3H3,(H2,27,36)/t13?,14?,18-,22-,23+,24-/m1/s1. The number of hydrogen-bond acceptors (Lipinski definition) is 10. The maximum atomic E-state index is 14.5. The first kappa shape index (κ1) is 25.6. The van der Waals surface area contributed by atoms with Gasteiger partial charge in [0.15, 0.2) is 46.0 Å². The molecule has 2 unspecified atom stereocenters. The molecule has 4 rings (SSSR count). The molecule has 0 aromatic heterocycles. The van der Waals surface area contributed by atoms with Crippen LogP contribution >= 0.6 is 0 Å². The number of aromatic hydroxyl groups is 1. The molecule has 0 radical (unpaired) electrons. The fraction of sp³-hybridized carbons (Fsp3) is 0.500.